The smallest absolute Gasteiger partial charge is 0.305 e. The third-order valence-corrected chi connectivity index (χ3v) is 6.06. The summed E-state index contributed by atoms with van der Waals surface area (Å²) in [5.41, 5.74) is 7.64. The van der Waals surface area contributed by atoms with Crippen LogP contribution in [0.5, 0.6) is 0 Å². The maximum atomic E-state index is 11.9. The average Bonchev–Trinajstić information content (AvgIpc) is 3.24. The number of carbonyl (C=O) groups is 2. The zero-order chi connectivity index (χ0) is 22.9. The molecule has 1 heterocycles. The molecule has 1 amide bonds. The molecule has 0 aliphatic carbocycles. The first-order chi connectivity index (χ1) is 14.7. The van der Waals surface area contributed by atoms with Gasteiger partial charge in [0.1, 0.15) is 0 Å². The van der Waals surface area contributed by atoms with Crippen LogP contribution < -0.4 is 16.2 Å². The Hall–Kier alpha value is -3.05. The van der Waals surface area contributed by atoms with Gasteiger partial charge in [-0.2, -0.15) is 0 Å². The lowest BCUT2D eigenvalue weighted by Crippen LogP contribution is -2.25. The number of primary sulfonamides is 1. The first kappa shape index (κ1) is 24.2. The number of sulfonamides is 1. The van der Waals surface area contributed by atoms with Gasteiger partial charge >= 0.3 is 5.97 Å². The summed E-state index contributed by atoms with van der Waals surface area (Å²) in [4.78, 5) is 24.0. The summed E-state index contributed by atoms with van der Waals surface area (Å²) in [6, 6.07) is 19.4. The Labute approximate surface area is 184 Å². The molecule has 0 aliphatic rings. The summed E-state index contributed by atoms with van der Waals surface area (Å²) in [7, 11) is -3.50. The van der Waals surface area contributed by atoms with Gasteiger partial charge < -0.3 is 16.2 Å². The Balaban J connectivity index is 0.000000285. The summed E-state index contributed by atoms with van der Waals surface area (Å²) in [5, 5.41) is 16.0. The number of hydrogen-bond donors (Lipinski definition) is 4. The quantitative estimate of drug-likeness (QED) is 0.424. The highest BCUT2D eigenvalue weighted by molar-refractivity contribution is 7.89. The highest BCUT2D eigenvalue weighted by Crippen LogP contribution is 2.28. The minimum absolute atomic E-state index is 0.0788. The molecule has 0 bridgehead atoms. The van der Waals surface area contributed by atoms with Crippen molar-refractivity contribution in [2.45, 2.75) is 17.9 Å². The van der Waals surface area contributed by atoms with Crippen LogP contribution in [0.2, 0.25) is 0 Å². The first-order valence-corrected chi connectivity index (χ1v) is 11.5. The van der Waals surface area contributed by atoms with Crippen LogP contribution in [0.4, 0.5) is 0 Å². The Morgan fingerprint density at radius 2 is 1.61 bits per heavy atom. The largest absolute Gasteiger partial charge is 0.481 e. The lowest BCUT2D eigenvalue weighted by atomic mass is 10.1. The molecule has 1 aromatic heterocycles. The molecule has 2 aromatic carbocycles. The number of nitrogens with two attached hydrogens (primary N) is 2. The molecule has 0 aliphatic heterocycles. The Morgan fingerprint density at radius 3 is 2.13 bits per heavy atom. The average molecular weight is 462 g/mol. The van der Waals surface area contributed by atoms with E-state index in [1.807, 2.05) is 30.3 Å². The summed E-state index contributed by atoms with van der Waals surface area (Å²) in [6.45, 7) is 0.633. The van der Waals surface area contributed by atoms with Crippen LogP contribution in [0.3, 0.4) is 0 Å². The number of benzene rings is 2. The molecule has 3 aromatic rings. The standard InChI is InChI=1S/C15H16N2O3S.C6H7NO2S/c16-9-10-1-3-11(4-2-10)12-5-6-13(21-12)15(20)17-8-7-14(18)19;7-10(8,9)6-4-2-1-3-5-6/h1-6H,7-9,16H2,(H,17,20)(H,18,19);1-5H,(H2,7,8,9). The van der Waals surface area contributed by atoms with Gasteiger partial charge in [-0.05, 0) is 35.4 Å². The van der Waals surface area contributed by atoms with E-state index in [2.05, 4.69) is 5.32 Å². The van der Waals surface area contributed by atoms with Crippen molar-refractivity contribution in [3.63, 3.8) is 0 Å². The number of amides is 1. The fraction of sp³-hybridized carbons (Fsp3) is 0.143. The molecule has 8 nitrogen and oxygen atoms in total. The lowest BCUT2D eigenvalue weighted by Gasteiger charge is -2.01. The van der Waals surface area contributed by atoms with Crippen LogP contribution in [-0.2, 0) is 21.4 Å². The van der Waals surface area contributed by atoms with E-state index in [9.17, 15) is 18.0 Å². The van der Waals surface area contributed by atoms with Gasteiger partial charge in [-0.25, -0.2) is 13.6 Å². The Morgan fingerprint density at radius 1 is 0.968 bits per heavy atom. The van der Waals surface area contributed by atoms with Crippen molar-refractivity contribution in [2.24, 2.45) is 10.9 Å². The molecular weight excluding hydrogens is 438 g/mol. The summed E-state index contributed by atoms with van der Waals surface area (Å²) in [5.74, 6) is -1.17. The predicted molar refractivity (Wildman–Crippen MR) is 120 cm³/mol. The van der Waals surface area contributed by atoms with Crippen molar-refractivity contribution in [3.05, 3.63) is 77.2 Å². The number of nitrogens with one attached hydrogen (secondary N) is 1. The van der Waals surface area contributed by atoms with Gasteiger partial charge in [0.15, 0.2) is 0 Å². The molecule has 31 heavy (non-hydrogen) atoms. The highest BCUT2D eigenvalue weighted by Gasteiger charge is 2.10. The van der Waals surface area contributed by atoms with Crippen LogP contribution >= 0.6 is 11.3 Å². The van der Waals surface area contributed by atoms with Crippen LogP contribution in [0.25, 0.3) is 10.4 Å². The van der Waals surface area contributed by atoms with Crippen LogP contribution in [0.1, 0.15) is 21.7 Å². The van der Waals surface area contributed by atoms with Crippen molar-refractivity contribution >= 4 is 33.2 Å². The van der Waals surface area contributed by atoms with Gasteiger partial charge in [-0.3, -0.25) is 9.59 Å². The summed E-state index contributed by atoms with van der Waals surface area (Å²) >= 11 is 1.38. The second kappa shape index (κ2) is 11.4. The Bertz CT molecular complexity index is 1110. The van der Waals surface area contributed by atoms with Crippen molar-refractivity contribution in [1.29, 1.82) is 0 Å². The number of aliphatic carboxylic acids is 1. The predicted octanol–water partition coefficient (Wildman–Crippen LogP) is 2.41. The second-order valence-corrected chi connectivity index (χ2v) is 8.97. The normalized spacial score (nSPS) is 10.6. The van der Waals surface area contributed by atoms with Gasteiger partial charge in [-0.1, -0.05) is 42.5 Å². The summed E-state index contributed by atoms with van der Waals surface area (Å²) < 4.78 is 21.2. The molecule has 0 saturated carbocycles. The lowest BCUT2D eigenvalue weighted by molar-refractivity contribution is -0.136. The minimum atomic E-state index is -3.50. The second-order valence-electron chi connectivity index (χ2n) is 6.32. The zero-order valence-electron chi connectivity index (χ0n) is 16.5. The van der Waals surface area contributed by atoms with Gasteiger partial charge in [0.05, 0.1) is 16.2 Å². The van der Waals surface area contributed by atoms with E-state index in [0.29, 0.717) is 11.4 Å². The molecular formula is C21H23N3O5S2. The highest BCUT2D eigenvalue weighted by atomic mass is 32.2. The van der Waals surface area contributed by atoms with Gasteiger partial charge in [0.25, 0.3) is 5.91 Å². The molecule has 3 rings (SSSR count). The third-order valence-electron chi connectivity index (χ3n) is 4.00. The van der Waals surface area contributed by atoms with Crippen LogP contribution in [-0.4, -0.2) is 31.9 Å². The molecule has 0 spiro atoms. The molecule has 0 fully saturated rings. The van der Waals surface area contributed by atoms with Crippen molar-refractivity contribution in [2.75, 3.05) is 6.54 Å². The first-order valence-electron chi connectivity index (χ1n) is 9.17. The van der Waals surface area contributed by atoms with Gasteiger partial charge in [0.2, 0.25) is 10.0 Å². The zero-order valence-corrected chi connectivity index (χ0v) is 18.2. The molecule has 0 radical (unpaired) electrons. The monoisotopic (exact) mass is 461 g/mol. The topological polar surface area (TPSA) is 153 Å². The number of carboxylic acids is 1. The molecule has 0 unspecified atom stereocenters. The fourth-order valence-corrected chi connectivity index (χ4v) is 3.86. The number of carbonyl (C=O) groups excluding carboxylic acids is 1. The molecule has 0 atom stereocenters. The van der Waals surface area contributed by atoms with E-state index in [1.165, 1.54) is 23.5 Å². The van der Waals surface area contributed by atoms with Gasteiger partial charge in [0, 0.05) is 18.0 Å². The van der Waals surface area contributed by atoms with Crippen LogP contribution in [0.15, 0.2) is 71.6 Å². The summed E-state index contributed by atoms with van der Waals surface area (Å²) in [6.07, 6.45) is -0.0788. The number of hydrogen-bond acceptors (Lipinski definition) is 6. The maximum Gasteiger partial charge on any atom is 0.305 e. The third kappa shape index (κ3) is 7.95. The SMILES string of the molecule is NCc1ccc(-c2ccc(C(=O)NCCC(=O)O)s2)cc1.NS(=O)(=O)c1ccccc1. The van der Waals surface area contributed by atoms with Crippen LogP contribution in [0, 0.1) is 0 Å². The number of carboxylic acid groups (broad SMARTS) is 1. The van der Waals surface area contributed by atoms with Crippen molar-refractivity contribution in [3.8, 4) is 10.4 Å². The van der Waals surface area contributed by atoms with E-state index in [-0.39, 0.29) is 23.8 Å². The number of rotatable bonds is 7. The van der Waals surface area contributed by atoms with E-state index in [1.54, 1.807) is 24.3 Å². The van der Waals surface area contributed by atoms with Gasteiger partial charge in [-0.15, -0.1) is 11.3 Å². The van der Waals surface area contributed by atoms with Crippen molar-refractivity contribution in [1.82, 2.24) is 5.32 Å². The Kier molecular flexibility index (Phi) is 8.88. The van der Waals surface area contributed by atoms with E-state index in [4.69, 9.17) is 16.0 Å². The van der Waals surface area contributed by atoms with E-state index in [0.717, 1.165) is 16.0 Å². The van der Waals surface area contributed by atoms with E-state index < -0.39 is 16.0 Å². The van der Waals surface area contributed by atoms with Crippen molar-refractivity contribution < 1.29 is 23.1 Å². The molecule has 6 N–H and O–H groups in total. The molecule has 164 valence electrons. The number of thiophene rings is 1. The molecule has 10 heteroatoms. The maximum absolute atomic E-state index is 11.9. The fourth-order valence-electron chi connectivity index (χ4n) is 2.40. The minimum Gasteiger partial charge on any atom is -0.481 e. The molecule has 0 saturated heterocycles. The van der Waals surface area contributed by atoms with E-state index >= 15 is 0 Å².